The van der Waals surface area contributed by atoms with E-state index in [9.17, 15) is 22.0 Å². The maximum atomic E-state index is 14.2. The Hall–Kier alpha value is -3.10. The summed E-state index contributed by atoms with van der Waals surface area (Å²) in [5.74, 6) is -1.99. The average Bonchev–Trinajstić information content (AvgIpc) is 2.69. The molecule has 0 unspecified atom stereocenters. The third kappa shape index (κ3) is 5.04. The number of rotatable bonds is 6. The number of hydrogen-bond donors (Lipinski definition) is 2. The molecule has 0 spiro atoms. The van der Waals surface area contributed by atoms with Gasteiger partial charge in [0, 0.05) is 17.8 Å². The molecule has 0 aliphatic rings. The normalized spacial score (nSPS) is 11.3. The highest BCUT2D eigenvalue weighted by Gasteiger charge is 2.21. The standard InChI is InChI=1S/C21H18F2N2O3S/c1-14-4-2-3-5-19(14)25-21(26)16-8-11-18(23)20(12-16)29(27,28)24-13-15-6-9-17(22)10-7-15/h2-12,24H,13H2,1H3,(H,25,26). The van der Waals surface area contributed by atoms with Gasteiger partial charge in [-0.15, -0.1) is 0 Å². The molecule has 0 radical (unpaired) electrons. The minimum absolute atomic E-state index is 0.00295. The highest BCUT2D eigenvalue weighted by molar-refractivity contribution is 7.89. The monoisotopic (exact) mass is 416 g/mol. The Kier molecular flexibility index (Phi) is 6.05. The predicted molar refractivity (Wildman–Crippen MR) is 106 cm³/mol. The fraction of sp³-hybridized carbons (Fsp3) is 0.0952. The van der Waals surface area contributed by atoms with Gasteiger partial charge in [0.2, 0.25) is 10.0 Å². The number of benzene rings is 3. The van der Waals surface area contributed by atoms with Crippen molar-refractivity contribution in [3.05, 3.63) is 95.1 Å². The molecule has 0 fully saturated rings. The molecule has 0 atom stereocenters. The molecule has 2 N–H and O–H groups in total. The molecule has 0 saturated carbocycles. The van der Waals surface area contributed by atoms with Crippen LogP contribution in [0.2, 0.25) is 0 Å². The van der Waals surface area contributed by atoms with E-state index in [2.05, 4.69) is 10.0 Å². The second-order valence-corrected chi connectivity index (χ2v) is 8.10. The van der Waals surface area contributed by atoms with Gasteiger partial charge in [0.05, 0.1) is 0 Å². The first-order chi connectivity index (χ1) is 13.8. The summed E-state index contributed by atoms with van der Waals surface area (Å²) in [6.45, 7) is 1.66. The van der Waals surface area contributed by atoms with E-state index in [4.69, 9.17) is 0 Å². The third-order valence-electron chi connectivity index (χ3n) is 4.26. The van der Waals surface area contributed by atoms with Gasteiger partial charge in [-0.05, 0) is 54.4 Å². The van der Waals surface area contributed by atoms with Crippen LogP contribution in [0.1, 0.15) is 21.5 Å². The second-order valence-electron chi connectivity index (χ2n) is 6.37. The number of aryl methyl sites for hydroxylation is 1. The Morgan fingerprint density at radius 2 is 1.66 bits per heavy atom. The number of hydrogen-bond acceptors (Lipinski definition) is 3. The van der Waals surface area contributed by atoms with E-state index in [1.54, 1.807) is 12.1 Å². The largest absolute Gasteiger partial charge is 0.322 e. The number of carbonyl (C=O) groups excluding carboxylic acids is 1. The molecule has 1 amide bonds. The van der Waals surface area contributed by atoms with E-state index in [0.29, 0.717) is 11.3 Å². The number of halogens is 2. The van der Waals surface area contributed by atoms with Crippen LogP contribution in [-0.4, -0.2) is 14.3 Å². The minimum Gasteiger partial charge on any atom is -0.322 e. The molecule has 5 nitrogen and oxygen atoms in total. The fourth-order valence-corrected chi connectivity index (χ4v) is 3.74. The Balaban J connectivity index is 1.81. The molecule has 0 aliphatic heterocycles. The van der Waals surface area contributed by atoms with Gasteiger partial charge in [-0.25, -0.2) is 21.9 Å². The van der Waals surface area contributed by atoms with Crippen LogP contribution in [0.4, 0.5) is 14.5 Å². The first-order valence-corrected chi connectivity index (χ1v) is 10.2. The lowest BCUT2D eigenvalue weighted by Gasteiger charge is -2.11. The Morgan fingerprint density at radius 3 is 2.34 bits per heavy atom. The van der Waals surface area contributed by atoms with Crippen molar-refractivity contribution in [3.63, 3.8) is 0 Å². The van der Waals surface area contributed by atoms with Gasteiger partial charge >= 0.3 is 0 Å². The van der Waals surface area contributed by atoms with Crippen molar-refractivity contribution in [2.24, 2.45) is 0 Å². The van der Waals surface area contributed by atoms with Crippen molar-refractivity contribution in [3.8, 4) is 0 Å². The van der Waals surface area contributed by atoms with E-state index in [0.717, 1.165) is 17.7 Å². The highest BCUT2D eigenvalue weighted by Crippen LogP contribution is 2.19. The van der Waals surface area contributed by atoms with Crippen molar-refractivity contribution >= 4 is 21.6 Å². The van der Waals surface area contributed by atoms with Crippen LogP contribution in [0.5, 0.6) is 0 Å². The Bertz CT molecular complexity index is 1150. The molecule has 3 rings (SSSR count). The van der Waals surface area contributed by atoms with E-state index in [-0.39, 0.29) is 12.1 Å². The average molecular weight is 416 g/mol. The van der Waals surface area contributed by atoms with Gasteiger partial charge in [-0.1, -0.05) is 30.3 Å². The summed E-state index contributed by atoms with van der Waals surface area (Å²) in [5, 5.41) is 2.68. The number of carbonyl (C=O) groups is 1. The number of sulfonamides is 1. The van der Waals surface area contributed by atoms with Crippen molar-refractivity contribution < 1.29 is 22.0 Å². The highest BCUT2D eigenvalue weighted by atomic mass is 32.2. The summed E-state index contributed by atoms with van der Waals surface area (Å²) in [6.07, 6.45) is 0. The first kappa shape index (κ1) is 20.6. The molecular formula is C21H18F2N2O3S. The van der Waals surface area contributed by atoms with Crippen molar-refractivity contribution in [1.82, 2.24) is 4.72 Å². The predicted octanol–water partition coefficient (Wildman–Crippen LogP) is 4.00. The zero-order valence-corrected chi connectivity index (χ0v) is 16.3. The van der Waals surface area contributed by atoms with Crippen LogP contribution >= 0.6 is 0 Å². The lowest BCUT2D eigenvalue weighted by molar-refractivity contribution is 0.102. The summed E-state index contributed by atoms with van der Waals surface area (Å²) in [4.78, 5) is 11.8. The number of nitrogens with one attached hydrogen (secondary N) is 2. The van der Waals surface area contributed by atoms with E-state index in [1.165, 1.54) is 30.3 Å². The van der Waals surface area contributed by atoms with Crippen LogP contribution in [0, 0.1) is 18.6 Å². The Labute approximate surface area is 167 Å². The lowest BCUT2D eigenvalue weighted by atomic mass is 10.1. The van der Waals surface area contributed by atoms with Crippen molar-refractivity contribution in [1.29, 1.82) is 0 Å². The lowest BCUT2D eigenvalue weighted by Crippen LogP contribution is -2.25. The van der Waals surface area contributed by atoms with Gasteiger partial charge < -0.3 is 5.32 Å². The summed E-state index contributed by atoms with van der Waals surface area (Å²) < 4.78 is 54.5. The number of anilines is 1. The molecular weight excluding hydrogens is 398 g/mol. The summed E-state index contributed by atoms with van der Waals surface area (Å²) in [5.41, 5.74) is 1.90. The van der Waals surface area contributed by atoms with Crippen molar-refractivity contribution in [2.75, 3.05) is 5.32 Å². The third-order valence-corrected chi connectivity index (χ3v) is 5.67. The first-order valence-electron chi connectivity index (χ1n) is 8.67. The maximum Gasteiger partial charge on any atom is 0.255 e. The van der Waals surface area contributed by atoms with Gasteiger partial charge in [-0.3, -0.25) is 4.79 Å². The summed E-state index contributed by atoms with van der Waals surface area (Å²) in [6, 6.07) is 15.4. The molecule has 0 aromatic heterocycles. The second kappa shape index (κ2) is 8.50. The van der Waals surface area contributed by atoms with E-state index < -0.39 is 32.5 Å². The van der Waals surface area contributed by atoms with Crippen LogP contribution in [0.25, 0.3) is 0 Å². The molecule has 0 aliphatic carbocycles. The number of para-hydroxylation sites is 1. The maximum absolute atomic E-state index is 14.2. The van der Waals surface area contributed by atoms with Crippen LogP contribution in [0.15, 0.2) is 71.6 Å². The van der Waals surface area contributed by atoms with E-state index in [1.807, 2.05) is 19.1 Å². The van der Waals surface area contributed by atoms with Gasteiger partial charge in [0.25, 0.3) is 5.91 Å². The van der Waals surface area contributed by atoms with Gasteiger partial charge in [-0.2, -0.15) is 0 Å². The SMILES string of the molecule is Cc1ccccc1NC(=O)c1ccc(F)c(S(=O)(=O)NCc2ccc(F)cc2)c1. The fourth-order valence-electron chi connectivity index (χ4n) is 2.62. The molecule has 0 bridgehead atoms. The molecule has 8 heteroatoms. The zero-order valence-electron chi connectivity index (χ0n) is 15.4. The molecule has 29 heavy (non-hydrogen) atoms. The van der Waals surface area contributed by atoms with Gasteiger partial charge in [0.15, 0.2) is 0 Å². The van der Waals surface area contributed by atoms with Crippen molar-refractivity contribution in [2.45, 2.75) is 18.4 Å². The molecule has 0 saturated heterocycles. The molecule has 3 aromatic rings. The molecule has 150 valence electrons. The summed E-state index contributed by atoms with van der Waals surface area (Å²) >= 11 is 0. The zero-order chi connectivity index (χ0) is 21.0. The van der Waals surface area contributed by atoms with Gasteiger partial charge in [0.1, 0.15) is 16.5 Å². The minimum atomic E-state index is -4.24. The van der Waals surface area contributed by atoms with Crippen LogP contribution in [-0.2, 0) is 16.6 Å². The topological polar surface area (TPSA) is 75.3 Å². The number of amides is 1. The van der Waals surface area contributed by atoms with Crippen LogP contribution in [0.3, 0.4) is 0 Å². The molecule has 0 heterocycles. The smallest absolute Gasteiger partial charge is 0.255 e. The quantitative estimate of drug-likeness (QED) is 0.638. The Morgan fingerprint density at radius 1 is 0.966 bits per heavy atom. The molecule has 3 aromatic carbocycles. The van der Waals surface area contributed by atoms with Crippen LogP contribution < -0.4 is 10.0 Å². The summed E-state index contributed by atoms with van der Waals surface area (Å²) in [7, 11) is -4.24. The van der Waals surface area contributed by atoms with E-state index >= 15 is 0 Å².